The summed E-state index contributed by atoms with van der Waals surface area (Å²) in [6.07, 6.45) is 0. The highest BCUT2D eigenvalue weighted by atomic mass is 35.5. The minimum Gasteiger partial charge on any atom is -0.465 e. The summed E-state index contributed by atoms with van der Waals surface area (Å²) < 4.78 is 8.11. The van der Waals surface area contributed by atoms with Crippen molar-refractivity contribution in [2.75, 3.05) is 11.9 Å². The third-order valence-electron chi connectivity index (χ3n) is 3.64. The molecule has 0 aliphatic rings. The summed E-state index contributed by atoms with van der Waals surface area (Å²) in [7, 11) is 1.78. The number of hydrogen-bond donors (Lipinski definition) is 1. The Labute approximate surface area is 145 Å². The monoisotopic (exact) mass is 349 g/mol. The number of halogens is 1. The van der Waals surface area contributed by atoms with Crippen molar-refractivity contribution in [3.63, 3.8) is 0 Å². The molecule has 1 N–H and O–H groups in total. The molecule has 128 valence electrons. The van der Waals surface area contributed by atoms with Crippen LogP contribution in [-0.2, 0) is 16.6 Å². The van der Waals surface area contributed by atoms with Crippen LogP contribution >= 0.6 is 11.6 Å². The zero-order valence-corrected chi connectivity index (χ0v) is 14.6. The topological polar surface area (TPSA) is 65.3 Å². The van der Waals surface area contributed by atoms with Gasteiger partial charge in [-0.2, -0.15) is 0 Å². The number of ether oxygens (including phenoxy) is 1. The van der Waals surface area contributed by atoms with Gasteiger partial charge in [0.15, 0.2) is 5.38 Å². The Kier molecular flexibility index (Phi) is 5.51. The van der Waals surface area contributed by atoms with Gasteiger partial charge in [-0.25, -0.2) is 4.68 Å². The molecule has 0 amide bonds. The first-order chi connectivity index (χ1) is 11.4. The Hall–Kier alpha value is -2.47. The first kappa shape index (κ1) is 17.9. The van der Waals surface area contributed by atoms with Crippen molar-refractivity contribution >= 4 is 23.3 Å². The Morgan fingerprint density at radius 2 is 2.00 bits per heavy atom. The minimum atomic E-state index is -1.07. The molecule has 2 rings (SSSR count). The van der Waals surface area contributed by atoms with Gasteiger partial charge in [0.25, 0.3) is 5.56 Å². The van der Waals surface area contributed by atoms with E-state index in [1.165, 1.54) is 4.68 Å². The quantitative estimate of drug-likeness (QED) is 0.643. The number of hydrogen-bond acceptors (Lipinski definition) is 4. The van der Waals surface area contributed by atoms with Crippen LogP contribution in [0.5, 0.6) is 0 Å². The zero-order chi connectivity index (χ0) is 17.9. The average molecular weight is 350 g/mol. The Balaban J connectivity index is 2.35. The third-order valence-corrected chi connectivity index (χ3v) is 4.08. The number of anilines is 1. The van der Waals surface area contributed by atoms with E-state index in [0.29, 0.717) is 11.4 Å². The lowest BCUT2D eigenvalue weighted by Gasteiger charge is -2.13. The third kappa shape index (κ3) is 3.38. The second-order valence-electron chi connectivity index (χ2n) is 5.20. The van der Waals surface area contributed by atoms with Crippen LogP contribution in [0.4, 0.5) is 5.69 Å². The number of nitrogens with zero attached hydrogens (tertiary/aromatic N) is 2. The van der Waals surface area contributed by atoms with Gasteiger partial charge in [0.2, 0.25) is 0 Å². The fraction of sp³-hybridized carbons (Fsp3) is 0.294. The van der Waals surface area contributed by atoms with Gasteiger partial charge in [0, 0.05) is 12.7 Å². The van der Waals surface area contributed by atoms with E-state index >= 15 is 0 Å². The fourth-order valence-electron chi connectivity index (χ4n) is 2.29. The maximum Gasteiger partial charge on any atom is 0.330 e. The summed E-state index contributed by atoms with van der Waals surface area (Å²) in [4.78, 5) is 24.4. The molecule has 0 aliphatic carbocycles. The molecule has 2 aromatic rings. The molecule has 1 atom stereocenters. The second-order valence-corrected chi connectivity index (χ2v) is 5.64. The lowest BCUT2D eigenvalue weighted by Crippen LogP contribution is -2.26. The molecule has 0 unspecified atom stereocenters. The lowest BCUT2D eigenvalue weighted by atomic mass is 10.3. The molecule has 0 radical (unpaired) electrons. The highest BCUT2D eigenvalue weighted by Gasteiger charge is 2.23. The van der Waals surface area contributed by atoms with Gasteiger partial charge in [0.1, 0.15) is 5.69 Å². The van der Waals surface area contributed by atoms with Crippen LogP contribution in [0.25, 0.3) is 5.69 Å². The van der Waals surface area contributed by atoms with E-state index in [2.05, 4.69) is 11.9 Å². The van der Waals surface area contributed by atoms with Crippen LogP contribution < -0.4 is 10.9 Å². The van der Waals surface area contributed by atoms with Gasteiger partial charge in [-0.3, -0.25) is 14.3 Å². The van der Waals surface area contributed by atoms with E-state index in [0.717, 1.165) is 5.69 Å². The van der Waals surface area contributed by atoms with Gasteiger partial charge in [-0.1, -0.05) is 24.8 Å². The average Bonchev–Trinajstić information content (AvgIpc) is 2.78. The highest BCUT2D eigenvalue weighted by molar-refractivity contribution is 6.32. The van der Waals surface area contributed by atoms with E-state index in [-0.39, 0.29) is 17.9 Å². The molecule has 24 heavy (non-hydrogen) atoms. The van der Waals surface area contributed by atoms with Crippen molar-refractivity contribution in [2.24, 2.45) is 7.05 Å². The first-order valence-electron chi connectivity index (χ1n) is 7.49. The molecular weight excluding hydrogens is 330 g/mol. The SMILES string of the molecule is C=C(Nc1c(C)n(C)n(-c2ccccc2)c1=O)[C@@H](Cl)C(=O)OCC. The number of aromatic nitrogens is 2. The maximum absolute atomic E-state index is 12.7. The standard InChI is InChI=1S/C17H20ClN3O3/c1-5-24-17(23)14(18)11(2)19-15-12(3)20(4)21(16(15)22)13-9-7-6-8-10-13/h6-10,14,19H,2,5H2,1,3-4H3/t14-/m1/s1. The van der Waals surface area contributed by atoms with Crippen LogP contribution in [0.3, 0.4) is 0 Å². The van der Waals surface area contributed by atoms with Crippen molar-refractivity contribution in [1.82, 2.24) is 9.36 Å². The van der Waals surface area contributed by atoms with Gasteiger partial charge < -0.3 is 10.1 Å². The zero-order valence-electron chi connectivity index (χ0n) is 13.9. The van der Waals surface area contributed by atoms with E-state index in [1.54, 1.807) is 25.6 Å². The molecule has 0 bridgehead atoms. The molecule has 6 nitrogen and oxygen atoms in total. The number of alkyl halides is 1. The number of rotatable bonds is 6. The molecule has 0 saturated carbocycles. The number of esters is 1. The summed E-state index contributed by atoms with van der Waals surface area (Å²) in [5.41, 5.74) is 1.69. The molecule has 0 spiro atoms. The normalized spacial score (nSPS) is 11.8. The predicted octanol–water partition coefficient (Wildman–Crippen LogP) is 2.58. The summed E-state index contributed by atoms with van der Waals surface area (Å²) >= 11 is 6.03. The number of benzene rings is 1. The van der Waals surface area contributed by atoms with Crippen LogP contribution in [-0.4, -0.2) is 27.3 Å². The fourth-order valence-corrected chi connectivity index (χ4v) is 2.41. The summed E-state index contributed by atoms with van der Waals surface area (Å²) in [5, 5.41) is 1.79. The molecular formula is C17H20ClN3O3. The van der Waals surface area contributed by atoms with Crippen molar-refractivity contribution in [2.45, 2.75) is 19.2 Å². The maximum atomic E-state index is 12.7. The van der Waals surface area contributed by atoms with Crippen LogP contribution in [0, 0.1) is 6.92 Å². The van der Waals surface area contributed by atoms with Crippen molar-refractivity contribution in [3.8, 4) is 5.69 Å². The van der Waals surface area contributed by atoms with Gasteiger partial charge in [0.05, 0.1) is 18.0 Å². The van der Waals surface area contributed by atoms with Gasteiger partial charge in [-0.05, 0) is 26.0 Å². The van der Waals surface area contributed by atoms with Crippen molar-refractivity contribution in [1.29, 1.82) is 0 Å². The predicted molar refractivity (Wildman–Crippen MR) is 94.8 cm³/mol. The number of para-hydroxylation sites is 1. The Morgan fingerprint density at radius 3 is 2.58 bits per heavy atom. The number of carbonyl (C=O) groups is 1. The van der Waals surface area contributed by atoms with Crippen molar-refractivity contribution < 1.29 is 9.53 Å². The molecule has 0 aliphatic heterocycles. The molecule has 7 heteroatoms. The molecule has 1 aromatic carbocycles. The summed E-state index contributed by atoms with van der Waals surface area (Å²) in [6.45, 7) is 7.46. The van der Waals surface area contributed by atoms with Crippen LogP contribution in [0.2, 0.25) is 0 Å². The number of carbonyl (C=O) groups excluding carboxylic acids is 1. The van der Waals surface area contributed by atoms with Crippen LogP contribution in [0.1, 0.15) is 12.6 Å². The van der Waals surface area contributed by atoms with Crippen molar-refractivity contribution in [3.05, 3.63) is 58.7 Å². The largest absolute Gasteiger partial charge is 0.465 e. The second kappa shape index (κ2) is 7.40. The molecule has 0 fully saturated rings. The highest BCUT2D eigenvalue weighted by Crippen LogP contribution is 2.18. The Morgan fingerprint density at radius 1 is 1.38 bits per heavy atom. The van der Waals surface area contributed by atoms with Crippen LogP contribution in [0.15, 0.2) is 47.4 Å². The molecule has 1 heterocycles. The number of nitrogens with one attached hydrogen (secondary N) is 1. The minimum absolute atomic E-state index is 0.195. The lowest BCUT2D eigenvalue weighted by molar-refractivity contribution is -0.141. The molecule has 1 aromatic heterocycles. The van der Waals surface area contributed by atoms with Gasteiger partial charge in [-0.15, -0.1) is 11.6 Å². The Bertz CT molecular complexity index is 808. The van der Waals surface area contributed by atoms with Gasteiger partial charge >= 0.3 is 5.97 Å². The summed E-state index contributed by atoms with van der Waals surface area (Å²) in [5.74, 6) is -0.603. The van der Waals surface area contributed by atoms with E-state index in [9.17, 15) is 9.59 Å². The van der Waals surface area contributed by atoms with E-state index in [1.807, 2.05) is 30.3 Å². The van der Waals surface area contributed by atoms with E-state index < -0.39 is 11.3 Å². The smallest absolute Gasteiger partial charge is 0.330 e. The van der Waals surface area contributed by atoms with E-state index in [4.69, 9.17) is 16.3 Å². The summed E-state index contributed by atoms with van der Waals surface area (Å²) in [6, 6.07) is 9.25. The molecule has 0 saturated heterocycles. The first-order valence-corrected chi connectivity index (χ1v) is 7.92.